The summed E-state index contributed by atoms with van der Waals surface area (Å²) in [6.07, 6.45) is 46.0. The predicted octanol–water partition coefficient (Wildman–Crippen LogP) is 6.04. The van der Waals surface area contributed by atoms with Gasteiger partial charge in [-0.05, 0) is 155 Å². The van der Waals surface area contributed by atoms with Gasteiger partial charge in [0.1, 0.15) is 19.8 Å². The van der Waals surface area contributed by atoms with Gasteiger partial charge in [-0.3, -0.25) is 62.3 Å². The number of aliphatic carboxylic acids is 1. The fraction of sp³-hybridized carbons (Fsp3) is 0.676. The molecule has 10 aliphatic rings. The average molecular weight is 2100 g/mol. The van der Waals surface area contributed by atoms with E-state index in [1.54, 1.807) is 26.5 Å². The number of methoxy groups -OCH3 is 1. The summed E-state index contributed by atoms with van der Waals surface area (Å²) in [5, 5.41) is 16.4. The number of hydrogen-bond acceptors (Lipinski definition) is 30. The molecule has 830 valence electrons. The van der Waals surface area contributed by atoms with E-state index in [1.165, 1.54) is 30.2 Å². The largest absolute Gasteiger partial charge is 0.478 e. The summed E-state index contributed by atoms with van der Waals surface area (Å²) < 4.78 is 39.3. The number of esters is 8. The highest BCUT2D eigenvalue weighted by Crippen LogP contribution is 2.21. The maximum Gasteiger partial charge on any atom is 0.332 e. The summed E-state index contributed by atoms with van der Waals surface area (Å²) in [6.45, 7) is 18.0. The molecule has 10 saturated heterocycles. The number of unbranched alkanes of at least 4 members (excludes halogenated alkanes) is 15. The summed E-state index contributed by atoms with van der Waals surface area (Å²) in [7, 11) is 1.26. The molecule has 44 nitrogen and oxygen atoms in total. The Labute approximate surface area is 873 Å². The molecule has 0 aliphatic carbocycles. The molecule has 0 aromatic rings. The molecule has 4 N–H and O–H groups in total. The van der Waals surface area contributed by atoms with E-state index in [-0.39, 0.29) is 90.7 Å². The molecule has 0 aromatic heterocycles. The third-order valence-corrected chi connectivity index (χ3v) is 25.3. The van der Waals surface area contributed by atoms with Crippen molar-refractivity contribution in [2.45, 2.75) is 270 Å². The number of rotatable bonds is 61. The lowest BCUT2D eigenvalue weighted by Crippen LogP contribution is -2.37. The molecule has 10 rings (SSSR count). The lowest BCUT2D eigenvalue weighted by Gasteiger charge is -2.23. The quantitative estimate of drug-likeness (QED) is 0.0233. The molecule has 10 heterocycles. The number of carbonyl (C=O) groups is 22. The van der Waals surface area contributed by atoms with Crippen molar-refractivity contribution in [2.24, 2.45) is 0 Å². The lowest BCUT2D eigenvalue weighted by atomic mass is 10.2. The molecule has 0 spiro atoms. The van der Waals surface area contributed by atoms with Crippen molar-refractivity contribution >= 4 is 131 Å². The number of carbonyl (C=O) groups excluding carboxylic acids is 21. The van der Waals surface area contributed by atoms with E-state index >= 15 is 0 Å². The van der Waals surface area contributed by atoms with Crippen LogP contribution < -0.4 is 16.0 Å². The van der Waals surface area contributed by atoms with E-state index in [2.05, 4.69) is 20.7 Å². The topological polar surface area (TPSA) is 538 Å². The van der Waals surface area contributed by atoms with Crippen LogP contribution in [0.1, 0.15) is 264 Å². The number of carboxylic acids is 1. The zero-order chi connectivity index (χ0) is 108. The van der Waals surface area contributed by atoms with Crippen LogP contribution >= 0.6 is 0 Å². The normalized spacial score (nSPS) is 16.8. The maximum absolute atomic E-state index is 11.7. The Morgan fingerprint density at radius 2 is 0.456 bits per heavy atom. The summed E-state index contributed by atoms with van der Waals surface area (Å²) in [4.78, 5) is 268. The summed E-state index contributed by atoms with van der Waals surface area (Å²) in [6, 6.07) is 0. The molecule has 1 unspecified atom stereocenters. The molecule has 0 aromatic carbocycles. The molecule has 44 heteroatoms. The fourth-order valence-electron chi connectivity index (χ4n) is 17.0. The van der Waals surface area contributed by atoms with Crippen LogP contribution in [-0.2, 0) is 143 Å². The van der Waals surface area contributed by atoms with Crippen molar-refractivity contribution in [1.29, 1.82) is 0 Å². The Morgan fingerprint density at radius 1 is 0.242 bits per heavy atom. The van der Waals surface area contributed by atoms with Crippen LogP contribution in [0.5, 0.6) is 0 Å². The predicted molar refractivity (Wildman–Crippen MR) is 540 cm³/mol. The van der Waals surface area contributed by atoms with Gasteiger partial charge in [-0.25, -0.2) is 43.2 Å². The van der Waals surface area contributed by atoms with Gasteiger partial charge in [0.15, 0.2) is 6.23 Å². The Bertz CT molecular complexity index is 4090. The molecule has 149 heavy (non-hydrogen) atoms. The van der Waals surface area contributed by atoms with Gasteiger partial charge in [-0.1, -0.05) is 44.9 Å². The van der Waals surface area contributed by atoms with Crippen molar-refractivity contribution in [3.8, 4) is 0 Å². The molecule has 1 atom stereocenters. The van der Waals surface area contributed by atoms with Crippen molar-refractivity contribution in [1.82, 2.24) is 64.9 Å². The van der Waals surface area contributed by atoms with E-state index in [0.29, 0.717) is 162 Å². The van der Waals surface area contributed by atoms with Crippen molar-refractivity contribution in [2.75, 3.05) is 191 Å². The number of likely N-dealkylation sites (tertiary alicyclic amines) is 10. The first-order valence-corrected chi connectivity index (χ1v) is 53.1. The summed E-state index contributed by atoms with van der Waals surface area (Å²) >= 11 is 0. The number of nitrogens with one attached hydrogen (secondary N) is 3. The minimum atomic E-state index is -1.22. The maximum atomic E-state index is 11.7. The molecule has 0 saturated carbocycles. The van der Waals surface area contributed by atoms with Gasteiger partial charge in [0.05, 0.1) is 46.6 Å². The number of hydrogen-bond donors (Lipinski definition) is 4. The standard InChI is InChI=1S/C24H39N3O5.C24H38N2O6.C16H23N3O5.C16H22N2O6.C15H24N2O4.C10H13NO5/c28-21(25-15-5-1-2-6-16-26-18-9-11-22(26)29)13-14-24(31)32-20-8-4-3-7-17-27-19-10-12-23(27)30;27-21-11-9-17-25(21)15-5-1-3-7-19-31-23(29)13-14-24(30)32-20-8-4-2-6-16-26-18-10-12-22(26)28;20-13(17-7-10-18-8-1-3-14(18)21)5-6-16(23)24-12-11-19-9-2-4-15(19)22;19-13-3-1-7-17(13)9-11-23-15(21)5-6-16(22)24-12-10-18-8-2-4-14(18)20;1-21-15(20)9-8-13(18)16-10-4-2-3-5-11-17-12-6-7-14(17)19;1-7(11-6-2-3-8(11)12)16-10(15)5-4-9(13)14/h13-14H,1-12,15-20H2,(H,25,28);13-14H,1-12,15-20H2;5-6H,1-4,7-12H2,(H,17,20);5-6H,1-4,7-12H2;8-9H,2-7,10-12H2,1H3,(H,16,18);4-5,7H,2-3,6H2,1H3,(H,13,14). The van der Waals surface area contributed by atoms with Crippen LogP contribution in [0.15, 0.2) is 72.9 Å². The van der Waals surface area contributed by atoms with Crippen LogP contribution in [-0.4, -0.2) is 382 Å². The van der Waals surface area contributed by atoms with Crippen LogP contribution in [0.3, 0.4) is 0 Å². The monoisotopic (exact) mass is 2100 g/mol. The Balaban J connectivity index is 0.000000318. The minimum absolute atomic E-state index is 0.0532. The second-order valence-electron chi connectivity index (χ2n) is 36.9. The summed E-state index contributed by atoms with van der Waals surface area (Å²) in [5.41, 5.74) is 0. The molecule has 13 amide bonds. The minimum Gasteiger partial charge on any atom is -0.478 e. The molecule has 10 aliphatic heterocycles. The fourth-order valence-corrected chi connectivity index (χ4v) is 17.0. The van der Waals surface area contributed by atoms with Gasteiger partial charge >= 0.3 is 53.7 Å². The Morgan fingerprint density at radius 3 is 0.705 bits per heavy atom. The van der Waals surface area contributed by atoms with Crippen molar-refractivity contribution in [3.05, 3.63) is 72.9 Å². The molecule has 0 radical (unpaired) electrons. The molecular formula is C105H159N13O31. The summed E-state index contributed by atoms with van der Waals surface area (Å²) in [5.74, 6) is -5.42. The first kappa shape index (κ1) is 126. The number of amides is 13. The van der Waals surface area contributed by atoms with Crippen molar-refractivity contribution < 1.29 is 148 Å². The zero-order valence-electron chi connectivity index (χ0n) is 87.3. The third kappa shape index (κ3) is 58.9. The second kappa shape index (κ2) is 77.2. The SMILES string of the molecule is CC(OC(=O)C=CC(=O)O)N1CCCC1=O.COC(=O)C=CC(=O)NCCCCCCN1CCCC1=O.O=C(C=CC(=O)OCCCCCCN1CCCC1=O)NCCCCCCN1CCCC1=O.O=C(C=CC(=O)OCCCCCCN1CCCC1=O)OCCCCCCN1CCCC1=O.O=C(C=CC(=O)OCCN1CCCC1=O)NCCN1CCCC1=O.O=C(C=CC(=O)OCCN1CCCC1=O)OCCN1CCCC1=O. The first-order valence-electron chi connectivity index (χ1n) is 53.1. The number of nitrogens with zero attached hydrogens (tertiary/aromatic N) is 10. The highest BCUT2D eigenvalue weighted by Gasteiger charge is 2.30. The van der Waals surface area contributed by atoms with Gasteiger partial charge in [-0.2, -0.15) is 0 Å². The van der Waals surface area contributed by atoms with Crippen LogP contribution in [0.25, 0.3) is 0 Å². The third-order valence-electron chi connectivity index (χ3n) is 25.3. The smallest absolute Gasteiger partial charge is 0.332 e. The first-order chi connectivity index (χ1) is 71.9. The molecule has 10 fully saturated rings. The van der Waals surface area contributed by atoms with Crippen LogP contribution in [0.2, 0.25) is 0 Å². The average Bonchev–Trinajstić information content (AvgIpc) is 1.74. The number of carboxylic acid groups (broad SMARTS) is 1. The highest BCUT2D eigenvalue weighted by atomic mass is 16.6. The van der Waals surface area contributed by atoms with Crippen molar-refractivity contribution in [3.63, 3.8) is 0 Å². The van der Waals surface area contributed by atoms with E-state index in [1.807, 2.05) is 24.5 Å². The molecular weight excluding hydrogens is 1940 g/mol. The van der Waals surface area contributed by atoms with Crippen LogP contribution in [0, 0.1) is 0 Å². The van der Waals surface area contributed by atoms with Crippen LogP contribution in [0.4, 0.5) is 0 Å². The lowest BCUT2D eigenvalue weighted by molar-refractivity contribution is -0.156. The van der Waals surface area contributed by atoms with E-state index in [0.717, 1.165) is 313 Å². The van der Waals surface area contributed by atoms with Gasteiger partial charge in [0.2, 0.25) is 76.8 Å². The van der Waals surface area contributed by atoms with Gasteiger partial charge in [-0.15, -0.1) is 0 Å². The Hall–Kier alpha value is -13.2. The second-order valence-corrected chi connectivity index (χ2v) is 36.9. The highest BCUT2D eigenvalue weighted by molar-refractivity contribution is 5.97. The molecule has 0 bridgehead atoms. The zero-order valence-corrected chi connectivity index (χ0v) is 87.3. The van der Waals surface area contributed by atoms with Gasteiger partial charge in [0.25, 0.3) is 0 Å². The van der Waals surface area contributed by atoms with E-state index in [4.69, 9.17) is 38.3 Å². The van der Waals surface area contributed by atoms with E-state index < -0.39 is 65.9 Å². The van der Waals surface area contributed by atoms with E-state index in [9.17, 15) is 105 Å². The van der Waals surface area contributed by atoms with Gasteiger partial charge < -0.3 is 108 Å². The van der Waals surface area contributed by atoms with Gasteiger partial charge in [0, 0.05) is 261 Å². The number of ether oxygens (including phenoxy) is 8. The Kier molecular flexibility index (Phi) is 65.4.